The lowest BCUT2D eigenvalue weighted by molar-refractivity contribution is 0.674. The van der Waals surface area contributed by atoms with Crippen molar-refractivity contribution in [2.45, 2.75) is 19.9 Å². The molecule has 1 aromatic heterocycles. The second-order valence-electron chi connectivity index (χ2n) is 4.88. The summed E-state index contributed by atoms with van der Waals surface area (Å²) in [7, 11) is 1.91. The van der Waals surface area contributed by atoms with E-state index in [4.69, 9.17) is 5.73 Å². The van der Waals surface area contributed by atoms with Gasteiger partial charge in [-0.2, -0.15) is 5.10 Å². The van der Waals surface area contributed by atoms with Crippen LogP contribution in [0.15, 0.2) is 36.7 Å². The molecule has 0 fully saturated rings. The van der Waals surface area contributed by atoms with E-state index < -0.39 is 0 Å². The van der Waals surface area contributed by atoms with Gasteiger partial charge in [-0.1, -0.05) is 18.2 Å². The van der Waals surface area contributed by atoms with Crippen LogP contribution < -0.4 is 10.6 Å². The summed E-state index contributed by atoms with van der Waals surface area (Å²) < 4.78 is 1.79. The van der Waals surface area contributed by atoms with Gasteiger partial charge in [0.2, 0.25) is 0 Å². The zero-order valence-corrected chi connectivity index (χ0v) is 11.9. The molecule has 2 aromatic rings. The van der Waals surface area contributed by atoms with Crippen LogP contribution in [-0.4, -0.2) is 22.9 Å². The van der Waals surface area contributed by atoms with E-state index in [1.165, 1.54) is 11.3 Å². The van der Waals surface area contributed by atoms with E-state index in [1.54, 1.807) is 4.68 Å². The van der Waals surface area contributed by atoms with Crippen LogP contribution in [0.3, 0.4) is 0 Å². The van der Waals surface area contributed by atoms with Gasteiger partial charge in [-0.3, -0.25) is 4.68 Å². The number of hydrogen-bond donors (Lipinski definition) is 1. The lowest BCUT2D eigenvalue weighted by Crippen LogP contribution is -2.32. The molecule has 102 valence electrons. The number of nitrogens with zero attached hydrogens (tertiary/aromatic N) is 3. The predicted octanol–water partition coefficient (Wildman–Crippen LogP) is 2.25. The predicted molar refractivity (Wildman–Crippen MR) is 79.2 cm³/mol. The Labute approximate surface area is 114 Å². The van der Waals surface area contributed by atoms with E-state index in [9.17, 15) is 0 Å². The minimum absolute atomic E-state index is 0.0201. The summed E-state index contributed by atoms with van der Waals surface area (Å²) in [6.45, 7) is 6.03. The number of aryl methyl sites for hydroxylation is 2. The van der Waals surface area contributed by atoms with E-state index in [2.05, 4.69) is 48.1 Å². The third-order valence-electron chi connectivity index (χ3n) is 3.41. The molecule has 1 aromatic carbocycles. The minimum atomic E-state index is -0.0201. The summed E-state index contributed by atoms with van der Waals surface area (Å²) in [5, 5.41) is 4.18. The molecular formula is C15H22N4. The highest BCUT2D eigenvalue weighted by Gasteiger charge is 2.14. The largest absolute Gasteiger partial charge is 0.370 e. The van der Waals surface area contributed by atoms with E-state index in [0.717, 1.165) is 18.7 Å². The molecule has 2 rings (SSSR count). The van der Waals surface area contributed by atoms with Crippen LogP contribution >= 0.6 is 0 Å². The summed E-state index contributed by atoms with van der Waals surface area (Å²) in [4.78, 5) is 2.31. The number of likely N-dealkylation sites (N-methyl/N-ethyl adjacent to an activating group) is 1. The van der Waals surface area contributed by atoms with Gasteiger partial charge in [-0.05, 0) is 25.5 Å². The molecular weight excluding hydrogens is 236 g/mol. The molecule has 19 heavy (non-hydrogen) atoms. The van der Waals surface area contributed by atoms with Crippen LogP contribution in [0.25, 0.3) is 0 Å². The summed E-state index contributed by atoms with van der Waals surface area (Å²) in [6.07, 6.45) is 3.83. The highest BCUT2D eigenvalue weighted by Crippen LogP contribution is 2.21. The van der Waals surface area contributed by atoms with Crippen LogP contribution in [0.4, 0.5) is 5.69 Å². The summed E-state index contributed by atoms with van der Waals surface area (Å²) >= 11 is 0. The molecule has 1 unspecified atom stereocenters. The van der Waals surface area contributed by atoms with Crippen LogP contribution in [-0.2, 0) is 7.05 Å². The number of nitrogens with two attached hydrogens (primary N) is 1. The van der Waals surface area contributed by atoms with Gasteiger partial charge in [0.1, 0.15) is 0 Å². The second kappa shape index (κ2) is 5.89. The van der Waals surface area contributed by atoms with Crippen LogP contribution in [0, 0.1) is 6.92 Å². The molecule has 0 saturated heterocycles. The van der Waals surface area contributed by atoms with Crippen molar-refractivity contribution in [3.63, 3.8) is 0 Å². The summed E-state index contributed by atoms with van der Waals surface area (Å²) in [5.74, 6) is 0. The van der Waals surface area contributed by atoms with Crippen LogP contribution in [0.2, 0.25) is 0 Å². The Morgan fingerprint density at radius 3 is 2.68 bits per heavy atom. The van der Waals surface area contributed by atoms with Crippen molar-refractivity contribution in [3.8, 4) is 0 Å². The zero-order valence-electron chi connectivity index (χ0n) is 11.9. The van der Waals surface area contributed by atoms with Crippen molar-refractivity contribution in [1.29, 1.82) is 0 Å². The molecule has 2 N–H and O–H groups in total. The molecule has 4 heteroatoms. The number of para-hydroxylation sites is 1. The maximum atomic E-state index is 6.28. The fourth-order valence-corrected chi connectivity index (χ4v) is 2.29. The smallest absolute Gasteiger partial charge is 0.0538 e. The van der Waals surface area contributed by atoms with Crippen molar-refractivity contribution >= 4 is 5.69 Å². The maximum Gasteiger partial charge on any atom is 0.0538 e. The molecule has 1 heterocycles. The fourth-order valence-electron chi connectivity index (χ4n) is 2.29. The molecule has 0 amide bonds. The Hall–Kier alpha value is -1.81. The monoisotopic (exact) mass is 258 g/mol. The van der Waals surface area contributed by atoms with Gasteiger partial charge in [0.25, 0.3) is 0 Å². The number of anilines is 1. The molecule has 0 saturated carbocycles. The number of hydrogen-bond acceptors (Lipinski definition) is 3. The van der Waals surface area contributed by atoms with Crippen LogP contribution in [0.5, 0.6) is 0 Å². The minimum Gasteiger partial charge on any atom is -0.370 e. The first-order chi connectivity index (χ1) is 9.11. The Morgan fingerprint density at radius 1 is 1.37 bits per heavy atom. The van der Waals surface area contributed by atoms with Crippen molar-refractivity contribution in [3.05, 3.63) is 47.8 Å². The highest BCUT2D eigenvalue weighted by atomic mass is 15.2. The Morgan fingerprint density at radius 2 is 2.11 bits per heavy atom. The first kappa shape index (κ1) is 13.6. The van der Waals surface area contributed by atoms with Crippen molar-refractivity contribution in [2.75, 3.05) is 18.0 Å². The van der Waals surface area contributed by atoms with Gasteiger partial charge in [-0.25, -0.2) is 0 Å². The highest BCUT2D eigenvalue weighted by molar-refractivity contribution is 5.53. The van der Waals surface area contributed by atoms with Gasteiger partial charge in [0.05, 0.1) is 12.2 Å². The van der Waals surface area contributed by atoms with E-state index in [1.807, 2.05) is 19.4 Å². The SMILES string of the molecule is CCN(CC(N)c1cnn(C)c1)c1ccccc1C. The molecule has 0 aliphatic carbocycles. The number of rotatable bonds is 5. The first-order valence-corrected chi connectivity index (χ1v) is 6.66. The molecule has 0 bridgehead atoms. The number of benzene rings is 1. The third-order valence-corrected chi connectivity index (χ3v) is 3.41. The van der Waals surface area contributed by atoms with E-state index >= 15 is 0 Å². The summed E-state index contributed by atoms with van der Waals surface area (Å²) in [5.41, 5.74) is 9.89. The van der Waals surface area contributed by atoms with Gasteiger partial charge in [0.15, 0.2) is 0 Å². The Bertz CT molecular complexity index is 532. The van der Waals surface area contributed by atoms with E-state index in [-0.39, 0.29) is 6.04 Å². The summed E-state index contributed by atoms with van der Waals surface area (Å²) in [6, 6.07) is 8.39. The fraction of sp³-hybridized carbons (Fsp3) is 0.400. The van der Waals surface area contributed by atoms with Crippen molar-refractivity contribution in [1.82, 2.24) is 9.78 Å². The first-order valence-electron chi connectivity index (χ1n) is 6.66. The molecule has 0 spiro atoms. The van der Waals surface area contributed by atoms with Gasteiger partial charge < -0.3 is 10.6 Å². The lowest BCUT2D eigenvalue weighted by Gasteiger charge is -2.27. The topological polar surface area (TPSA) is 47.1 Å². The normalized spacial score (nSPS) is 12.4. The molecule has 0 radical (unpaired) electrons. The van der Waals surface area contributed by atoms with Gasteiger partial charge >= 0.3 is 0 Å². The van der Waals surface area contributed by atoms with Crippen molar-refractivity contribution in [2.24, 2.45) is 12.8 Å². The molecule has 1 atom stereocenters. The molecule has 4 nitrogen and oxygen atoms in total. The van der Waals surface area contributed by atoms with E-state index in [0.29, 0.717) is 0 Å². The quantitative estimate of drug-likeness (QED) is 0.895. The Balaban J connectivity index is 2.13. The van der Waals surface area contributed by atoms with Gasteiger partial charge in [0, 0.05) is 37.6 Å². The number of aromatic nitrogens is 2. The van der Waals surface area contributed by atoms with Crippen LogP contribution in [0.1, 0.15) is 24.1 Å². The second-order valence-corrected chi connectivity index (χ2v) is 4.88. The zero-order chi connectivity index (χ0) is 13.8. The van der Waals surface area contributed by atoms with Crippen molar-refractivity contribution < 1.29 is 0 Å². The lowest BCUT2D eigenvalue weighted by atomic mass is 10.1. The third kappa shape index (κ3) is 3.15. The van der Waals surface area contributed by atoms with Gasteiger partial charge in [-0.15, -0.1) is 0 Å². The average Bonchev–Trinajstić information content (AvgIpc) is 2.83. The molecule has 0 aliphatic heterocycles. The average molecular weight is 258 g/mol. The maximum absolute atomic E-state index is 6.28. The standard InChI is InChI=1S/C15H22N4/c1-4-19(15-8-6-5-7-12(15)2)11-14(16)13-9-17-18(3)10-13/h5-10,14H,4,11,16H2,1-3H3. The Kier molecular flexibility index (Phi) is 4.22. The molecule has 0 aliphatic rings.